The van der Waals surface area contributed by atoms with Crippen LogP contribution in [-0.4, -0.2) is 29.1 Å². The Kier molecular flexibility index (Phi) is 4.49. The van der Waals surface area contributed by atoms with Crippen LogP contribution in [0.3, 0.4) is 0 Å². The van der Waals surface area contributed by atoms with Crippen molar-refractivity contribution in [2.75, 3.05) is 5.32 Å². The average molecular weight is 339 g/mol. The van der Waals surface area contributed by atoms with Gasteiger partial charge in [0.15, 0.2) is 0 Å². The first kappa shape index (κ1) is 16.2. The zero-order valence-electron chi connectivity index (χ0n) is 15.6. The molecule has 2 heteroatoms. The van der Waals surface area contributed by atoms with E-state index in [4.69, 9.17) is 0 Å². The highest BCUT2D eigenvalue weighted by molar-refractivity contribution is 5.43. The van der Waals surface area contributed by atoms with E-state index in [0.717, 1.165) is 30.0 Å². The lowest BCUT2D eigenvalue weighted by molar-refractivity contribution is -0.0382. The molecule has 0 amide bonds. The SMILES string of the molecule is c1ccc(N[C@H]2C[C@H]3CCC[C@@H](C2)N3[C@H]2C[C@@H]3CCC[C@@H](C3)C2)cc1. The number of para-hydroxylation sites is 1. The highest BCUT2D eigenvalue weighted by atomic mass is 15.2. The van der Waals surface area contributed by atoms with Crippen LogP contribution in [0.25, 0.3) is 0 Å². The molecule has 2 heterocycles. The Morgan fingerprint density at radius 3 is 2.00 bits per heavy atom. The number of fused-ring (bicyclic) bond motifs is 4. The molecule has 2 saturated heterocycles. The van der Waals surface area contributed by atoms with E-state index in [1.165, 1.54) is 69.9 Å². The molecule has 0 unspecified atom stereocenters. The molecule has 6 atom stereocenters. The van der Waals surface area contributed by atoms with Crippen molar-refractivity contribution in [1.82, 2.24) is 4.90 Å². The first-order valence-electron chi connectivity index (χ1n) is 10.9. The Morgan fingerprint density at radius 2 is 1.32 bits per heavy atom. The van der Waals surface area contributed by atoms with Gasteiger partial charge in [0.05, 0.1) is 0 Å². The summed E-state index contributed by atoms with van der Waals surface area (Å²) in [5, 5.41) is 3.85. The van der Waals surface area contributed by atoms with Gasteiger partial charge in [-0.1, -0.05) is 43.9 Å². The van der Waals surface area contributed by atoms with Gasteiger partial charge in [-0.25, -0.2) is 0 Å². The predicted molar refractivity (Wildman–Crippen MR) is 105 cm³/mol. The van der Waals surface area contributed by atoms with E-state index in [-0.39, 0.29) is 0 Å². The highest BCUT2D eigenvalue weighted by Gasteiger charge is 2.44. The molecule has 0 radical (unpaired) electrons. The first-order chi connectivity index (χ1) is 12.3. The Hall–Kier alpha value is -1.02. The van der Waals surface area contributed by atoms with Crippen molar-refractivity contribution in [3.8, 4) is 0 Å². The van der Waals surface area contributed by atoms with Gasteiger partial charge in [-0.05, 0) is 68.9 Å². The molecule has 2 saturated carbocycles. The third kappa shape index (κ3) is 3.35. The normalized spacial score (nSPS) is 41.3. The minimum atomic E-state index is 0.678. The number of rotatable bonds is 3. The molecular formula is C23H34N2. The standard InChI is InChI=1S/C23H34N2/c1-2-8-19(9-3-1)24-20-15-21-10-5-11-22(16-20)25(21)23-13-17-6-4-7-18(12-17)14-23/h1-3,8-9,17-18,20-24H,4-7,10-16H2/t17-,18+,20-,21+,22-,23+. The zero-order valence-corrected chi connectivity index (χ0v) is 15.6. The lowest BCUT2D eigenvalue weighted by atomic mass is 9.68. The second-order valence-corrected chi connectivity index (χ2v) is 9.39. The second-order valence-electron chi connectivity index (χ2n) is 9.39. The lowest BCUT2D eigenvalue weighted by Gasteiger charge is -2.55. The Labute approximate surface area is 153 Å². The molecule has 2 aliphatic heterocycles. The molecule has 4 fully saturated rings. The molecule has 2 aliphatic carbocycles. The average Bonchev–Trinajstić information content (AvgIpc) is 2.61. The van der Waals surface area contributed by atoms with Gasteiger partial charge in [0.25, 0.3) is 0 Å². The minimum Gasteiger partial charge on any atom is -0.382 e. The Balaban J connectivity index is 1.28. The Morgan fingerprint density at radius 1 is 0.680 bits per heavy atom. The third-order valence-corrected chi connectivity index (χ3v) is 7.70. The summed E-state index contributed by atoms with van der Waals surface area (Å²) in [7, 11) is 0. The summed E-state index contributed by atoms with van der Waals surface area (Å²) in [5.41, 5.74) is 1.31. The van der Waals surface area contributed by atoms with Crippen LogP contribution in [0.4, 0.5) is 5.69 Å². The molecule has 4 bridgehead atoms. The largest absolute Gasteiger partial charge is 0.382 e. The number of anilines is 1. The molecule has 1 aromatic carbocycles. The summed E-state index contributed by atoms with van der Waals surface area (Å²) >= 11 is 0. The van der Waals surface area contributed by atoms with E-state index in [0.29, 0.717) is 6.04 Å². The first-order valence-corrected chi connectivity index (χ1v) is 10.9. The highest BCUT2D eigenvalue weighted by Crippen LogP contribution is 2.46. The number of nitrogens with zero attached hydrogens (tertiary/aromatic N) is 1. The van der Waals surface area contributed by atoms with Crippen molar-refractivity contribution in [1.29, 1.82) is 0 Å². The van der Waals surface area contributed by atoms with Crippen LogP contribution in [-0.2, 0) is 0 Å². The van der Waals surface area contributed by atoms with Crippen LogP contribution in [0.1, 0.15) is 70.6 Å². The fourth-order valence-electron chi connectivity index (χ4n) is 6.84. The van der Waals surface area contributed by atoms with E-state index < -0.39 is 0 Å². The maximum atomic E-state index is 3.85. The van der Waals surface area contributed by atoms with Crippen LogP contribution in [0.5, 0.6) is 0 Å². The van der Waals surface area contributed by atoms with Crippen LogP contribution >= 0.6 is 0 Å². The van der Waals surface area contributed by atoms with E-state index in [1.807, 2.05) is 0 Å². The monoisotopic (exact) mass is 338 g/mol. The number of piperidine rings is 2. The van der Waals surface area contributed by atoms with Crippen LogP contribution in [0, 0.1) is 11.8 Å². The van der Waals surface area contributed by atoms with Crippen molar-refractivity contribution < 1.29 is 0 Å². The maximum absolute atomic E-state index is 3.85. The molecule has 0 aromatic heterocycles. The molecule has 4 aliphatic rings. The van der Waals surface area contributed by atoms with Crippen molar-refractivity contribution in [3.05, 3.63) is 30.3 Å². The van der Waals surface area contributed by atoms with Gasteiger partial charge < -0.3 is 5.32 Å². The van der Waals surface area contributed by atoms with Crippen LogP contribution < -0.4 is 5.32 Å². The van der Waals surface area contributed by atoms with Gasteiger partial charge in [0.2, 0.25) is 0 Å². The molecule has 1 N–H and O–H groups in total. The summed E-state index contributed by atoms with van der Waals surface area (Å²) in [5.74, 6) is 2.11. The van der Waals surface area contributed by atoms with Crippen molar-refractivity contribution >= 4 is 5.69 Å². The topological polar surface area (TPSA) is 15.3 Å². The molecule has 25 heavy (non-hydrogen) atoms. The quantitative estimate of drug-likeness (QED) is 0.788. The lowest BCUT2D eigenvalue weighted by Crippen LogP contribution is -2.60. The van der Waals surface area contributed by atoms with Crippen molar-refractivity contribution in [3.63, 3.8) is 0 Å². The number of hydrogen-bond donors (Lipinski definition) is 1. The van der Waals surface area contributed by atoms with Gasteiger partial charge in [-0.2, -0.15) is 0 Å². The number of nitrogens with one attached hydrogen (secondary N) is 1. The maximum Gasteiger partial charge on any atom is 0.0342 e. The smallest absolute Gasteiger partial charge is 0.0342 e. The summed E-state index contributed by atoms with van der Waals surface area (Å²) < 4.78 is 0. The fourth-order valence-corrected chi connectivity index (χ4v) is 6.84. The fraction of sp³-hybridized carbons (Fsp3) is 0.739. The van der Waals surface area contributed by atoms with Crippen molar-refractivity contribution in [2.45, 2.75) is 94.8 Å². The van der Waals surface area contributed by atoms with Gasteiger partial charge >= 0.3 is 0 Å². The molecule has 1 aromatic rings. The Bertz CT molecular complexity index is 545. The second kappa shape index (κ2) is 6.95. The van der Waals surface area contributed by atoms with E-state index in [9.17, 15) is 0 Å². The van der Waals surface area contributed by atoms with Gasteiger partial charge in [-0.3, -0.25) is 4.90 Å². The van der Waals surface area contributed by atoms with E-state index in [2.05, 4.69) is 40.5 Å². The van der Waals surface area contributed by atoms with Crippen LogP contribution in [0.2, 0.25) is 0 Å². The summed E-state index contributed by atoms with van der Waals surface area (Å²) in [6.45, 7) is 0. The van der Waals surface area contributed by atoms with Gasteiger partial charge in [-0.15, -0.1) is 0 Å². The predicted octanol–water partition coefficient (Wildman–Crippen LogP) is 5.45. The zero-order chi connectivity index (χ0) is 16.6. The molecule has 136 valence electrons. The number of benzene rings is 1. The van der Waals surface area contributed by atoms with Gasteiger partial charge in [0.1, 0.15) is 0 Å². The van der Waals surface area contributed by atoms with E-state index in [1.54, 1.807) is 6.42 Å². The van der Waals surface area contributed by atoms with Crippen molar-refractivity contribution in [2.24, 2.45) is 11.8 Å². The minimum absolute atomic E-state index is 0.678. The molecule has 2 nitrogen and oxygen atoms in total. The third-order valence-electron chi connectivity index (χ3n) is 7.70. The number of hydrogen-bond acceptors (Lipinski definition) is 2. The summed E-state index contributed by atoms with van der Waals surface area (Å²) in [4.78, 5) is 3.05. The molecule has 5 rings (SSSR count). The summed E-state index contributed by atoms with van der Waals surface area (Å²) in [6.07, 6.45) is 16.2. The van der Waals surface area contributed by atoms with Crippen LogP contribution in [0.15, 0.2) is 30.3 Å². The molecular weight excluding hydrogens is 304 g/mol. The van der Waals surface area contributed by atoms with Gasteiger partial charge in [0, 0.05) is 29.9 Å². The molecule has 0 spiro atoms. The summed E-state index contributed by atoms with van der Waals surface area (Å²) in [6, 6.07) is 14.2. The van der Waals surface area contributed by atoms with E-state index >= 15 is 0 Å².